The molecule has 1 saturated heterocycles. The van der Waals surface area contributed by atoms with Gasteiger partial charge in [0.2, 0.25) is 0 Å². The molecule has 2 aliphatic rings. The predicted octanol–water partition coefficient (Wildman–Crippen LogP) is 1.27. The average Bonchev–Trinajstić information content (AvgIpc) is 2.45. The van der Waals surface area contributed by atoms with Crippen molar-refractivity contribution in [1.29, 1.82) is 0 Å². The van der Waals surface area contributed by atoms with Gasteiger partial charge in [0.25, 0.3) is 0 Å². The van der Waals surface area contributed by atoms with Crippen LogP contribution in [0.4, 0.5) is 13.2 Å². The molecular formula is C13H22F3N3O. The molecule has 2 N–H and O–H groups in total. The van der Waals surface area contributed by atoms with Crippen molar-refractivity contribution >= 4 is 5.91 Å². The Hall–Kier alpha value is -0.820. The van der Waals surface area contributed by atoms with E-state index in [-0.39, 0.29) is 12.1 Å². The maximum Gasteiger partial charge on any atom is 0.471 e. The fourth-order valence-electron chi connectivity index (χ4n) is 3.30. The average molecular weight is 293 g/mol. The number of halogens is 3. The number of carbonyl (C=O) groups is 1. The lowest BCUT2D eigenvalue weighted by atomic mass is 9.79. The lowest BCUT2D eigenvalue weighted by Crippen LogP contribution is -2.62. The van der Waals surface area contributed by atoms with Crippen molar-refractivity contribution in [2.75, 3.05) is 32.7 Å². The summed E-state index contributed by atoms with van der Waals surface area (Å²) in [7, 11) is 0. The molecule has 4 nitrogen and oxygen atoms in total. The van der Waals surface area contributed by atoms with E-state index in [1.54, 1.807) is 0 Å². The number of amides is 1. The standard InChI is InChI=1S/C13H22F3N3O/c14-13(15,16)11(20)18-10-12(4-2-1-3-5-12)19-8-6-17-7-9-19/h17H,1-10H2,(H,18,20). The first-order valence-corrected chi connectivity index (χ1v) is 7.25. The van der Waals surface area contributed by atoms with Crippen LogP contribution >= 0.6 is 0 Å². The van der Waals surface area contributed by atoms with E-state index in [9.17, 15) is 18.0 Å². The fourth-order valence-corrected chi connectivity index (χ4v) is 3.30. The minimum Gasteiger partial charge on any atom is -0.346 e. The maximum absolute atomic E-state index is 12.3. The summed E-state index contributed by atoms with van der Waals surface area (Å²) in [5.41, 5.74) is -0.290. The molecule has 0 bridgehead atoms. The van der Waals surface area contributed by atoms with Crippen LogP contribution in [-0.4, -0.2) is 55.2 Å². The number of hydrogen-bond acceptors (Lipinski definition) is 3. The third kappa shape index (κ3) is 3.63. The number of nitrogens with one attached hydrogen (secondary N) is 2. The van der Waals surface area contributed by atoms with E-state index in [1.807, 2.05) is 0 Å². The first-order valence-electron chi connectivity index (χ1n) is 7.25. The van der Waals surface area contributed by atoms with Gasteiger partial charge in [-0.2, -0.15) is 13.2 Å². The minimum atomic E-state index is -4.79. The second-order valence-corrected chi connectivity index (χ2v) is 5.70. The summed E-state index contributed by atoms with van der Waals surface area (Å²) < 4.78 is 37.0. The van der Waals surface area contributed by atoms with Gasteiger partial charge in [-0.3, -0.25) is 9.69 Å². The van der Waals surface area contributed by atoms with Crippen molar-refractivity contribution < 1.29 is 18.0 Å². The molecule has 1 amide bonds. The maximum atomic E-state index is 12.3. The summed E-state index contributed by atoms with van der Waals surface area (Å²) in [6, 6.07) is 0. The van der Waals surface area contributed by atoms with E-state index in [1.165, 1.54) is 0 Å². The molecule has 116 valence electrons. The van der Waals surface area contributed by atoms with Gasteiger partial charge < -0.3 is 10.6 Å². The topological polar surface area (TPSA) is 44.4 Å². The first-order chi connectivity index (χ1) is 9.44. The molecule has 1 aliphatic heterocycles. The Balaban J connectivity index is 2.01. The fraction of sp³-hybridized carbons (Fsp3) is 0.923. The van der Waals surface area contributed by atoms with Crippen LogP contribution in [0.15, 0.2) is 0 Å². The Morgan fingerprint density at radius 1 is 1.15 bits per heavy atom. The molecule has 2 fully saturated rings. The summed E-state index contributed by atoms with van der Waals surface area (Å²) in [5.74, 6) is -1.82. The third-order valence-corrected chi connectivity index (χ3v) is 4.41. The van der Waals surface area contributed by atoms with Crippen molar-refractivity contribution in [1.82, 2.24) is 15.5 Å². The van der Waals surface area contributed by atoms with Crippen LogP contribution in [-0.2, 0) is 4.79 Å². The zero-order valence-electron chi connectivity index (χ0n) is 11.6. The van der Waals surface area contributed by atoms with Gasteiger partial charge in [-0.1, -0.05) is 19.3 Å². The molecule has 0 atom stereocenters. The van der Waals surface area contributed by atoms with Crippen LogP contribution in [0.5, 0.6) is 0 Å². The Morgan fingerprint density at radius 3 is 2.30 bits per heavy atom. The second-order valence-electron chi connectivity index (χ2n) is 5.70. The normalized spacial score (nSPS) is 24.4. The lowest BCUT2D eigenvalue weighted by Gasteiger charge is -2.48. The van der Waals surface area contributed by atoms with Crippen molar-refractivity contribution in [2.24, 2.45) is 0 Å². The zero-order valence-corrected chi connectivity index (χ0v) is 11.6. The molecule has 0 spiro atoms. The Bertz CT molecular complexity index is 334. The lowest BCUT2D eigenvalue weighted by molar-refractivity contribution is -0.174. The van der Waals surface area contributed by atoms with E-state index >= 15 is 0 Å². The van der Waals surface area contributed by atoms with Crippen molar-refractivity contribution in [3.8, 4) is 0 Å². The summed E-state index contributed by atoms with van der Waals surface area (Å²) in [5, 5.41) is 5.36. The van der Waals surface area contributed by atoms with Gasteiger partial charge in [-0.25, -0.2) is 0 Å². The van der Waals surface area contributed by atoms with Crippen molar-refractivity contribution in [3.63, 3.8) is 0 Å². The van der Waals surface area contributed by atoms with E-state index < -0.39 is 12.1 Å². The van der Waals surface area contributed by atoms with E-state index in [4.69, 9.17) is 0 Å². The van der Waals surface area contributed by atoms with Gasteiger partial charge in [0, 0.05) is 38.3 Å². The molecule has 1 aliphatic carbocycles. The SMILES string of the molecule is O=C(NCC1(N2CCNCC2)CCCCC1)C(F)(F)F. The van der Waals surface area contributed by atoms with Gasteiger partial charge >= 0.3 is 12.1 Å². The molecule has 1 heterocycles. The van der Waals surface area contributed by atoms with Gasteiger partial charge in [0.15, 0.2) is 0 Å². The number of piperazine rings is 1. The molecule has 0 aromatic rings. The summed E-state index contributed by atoms with van der Waals surface area (Å²) >= 11 is 0. The van der Waals surface area contributed by atoms with Gasteiger partial charge in [0.05, 0.1) is 0 Å². The molecule has 0 radical (unpaired) electrons. The molecule has 1 saturated carbocycles. The number of nitrogens with zero attached hydrogens (tertiary/aromatic N) is 1. The van der Waals surface area contributed by atoms with Gasteiger partial charge in [0.1, 0.15) is 0 Å². The van der Waals surface area contributed by atoms with E-state index in [2.05, 4.69) is 15.5 Å². The highest BCUT2D eigenvalue weighted by Gasteiger charge is 2.43. The summed E-state index contributed by atoms with van der Waals surface area (Å²) in [6.07, 6.45) is 0.105. The second kappa shape index (κ2) is 6.30. The Labute approximate surface area is 117 Å². The van der Waals surface area contributed by atoms with E-state index in [0.29, 0.717) is 0 Å². The largest absolute Gasteiger partial charge is 0.471 e. The van der Waals surface area contributed by atoms with Crippen LogP contribution in [0, 0.1) is 0 Å². The number of rotatable bonds is 3. The first kappa shape index (κ1) is 15.6. The smallest absolute Gasteiger partial charge is 0.346 e. The summed E-state index contributed by atoms with van der Waals surface area (Å²) in [6.45, 7) is 3.49. The highest BCUT2D eigenvalue weighted by Crippen LogP contribution is 2.33. The summed E-state index contributed by atoms with van der Waals surface area (Å²) in [4.78, 5) is 13.3. The van der Waals surface area contributed by atoms with Crippen LogP contribution in [0.1, 0.15) is 32.1 Å². The molecule has 0 unspecified atom stereocenters. The molecule has 0 aromatic heterocycles. The molecule has 0 aromatic carbocycles. The molecular weight excluding hydrogens is 271 g/mol. The third-order valence-electron chi connectivity index (χ3n) is 4.41. The Kier molecular flexibility index (Phi) is 4.90. The minimum absolute atomic E-state index is 0.103. The van der Waals surface area contributed by atoms with Gasteiger partial charge in [-0.15, -0.1) is 0 Å². The molecule has 20 heavy (non-hydrogen) atoms. The Morgan fingerprint density at radius 2 is 1.75 bits per heavy atom. The highest BCUT2D eigenvalue weighted by atomic mass is 19.4. The number of hydrogen-bond donors (Lipinski definition) is 2. The van der Waals surface area contributed by atoms with Crippen LogP contribution in [0.2, 0.25) is 0 Å². The number of carbonyl (C=O) groups excluding carboxylic acids is 1. The van der Waals surface area contributed by atoms with Crippen molar-refractivity contribution in [3.05, 3.63) is 0 Å². The van der Waals surface area contributed by atoms with E-state index in [0.717, 1.165) is 58.3 Å². The zero-order chi connectivity index (χ0) is 14.6. The quantitative estimate of drug-likeness (QED) is 0.824. The molecule has 2 rings (SSSR count). The number of alkyl halides is 3. The predicted molar refractivity (Wildman–Crippen MR) is 69.3 cm³/mol. The highest BCUT2D eigenvalue weighted by molar-refractivity contribution is 5.81. The van der Waals surface area contributed by atoms with Gasteiger partial charge in [-0.05, 0) is 12.8 Å². The monoisotopic (exact) mass is 293 g/mol. The van der Waals surface area contributed by atoms with Crippen LogP contribution in [0.3, 0.4) is 0 Å². The van der Waals surface area contributed by atoms with Crippen molar-refractivity contribution in [2.45, 2.75) is 43.8 Å². The molecule has 7 heteroatoms. The van der Waals surface area contributed by atoms with Crippen LogP contribution in [0.25, 0.3) is 0 Å². The van der Waals surface area contributed by atoms with Crippen LogP contribution < -0.4 is 10.6 Å².